The number of ether oxygens (including phenoxy) is 1. The minimum atomic E-state index is -0.488. The maximum absolute atomic E-state index is 12.9. The number of nitrogens with zero attached hydrogens (tertiary/aromatic N) is 2. The Bertz CT molecular complexity index is 909. The van der Waals surface area contributed by atoms with E-state index in [1.54, 1.807) is 29.2 Å². The summed E-state index contributed by atoms with van der Waals surface area (Å²) in [7, 11) is 0. The molecule has 2 aromatic carbocycles. The molecule has 0 fully saturated rings. The highest BCUT2D eigenvalue weighted by Crippen LogP contribution is 2.35. The molecule has 0 atom stereocenters. The van der Waals surface area contributed by atoms with Gasteiger partial charge in [0, 0.05) is 40.8 Å². The third-order valence-electron chi connectivity index (χ3n) is 4.25. The van der Waals surface area contributed by atoms with Crippen LogP contribution in [0.25, 0.3) is 11.1 Å². The van der Waals surface area contributed by atoms with Gasteiger partial charge in [-0.2, -0.15) is 0 Å². The molecule has 0 aliphatic rings. The van der Waals surface area contributed by atoms with Gasteiger partial charge in [0.2, 0.25) is 0 Å². The monoisotopic (exact) mass is 496 g/mol. The SMILES string of the molecule is CCN(CC)C(=O)c1ccc(I)cc1-c1ccc(COC(C)=O)cc1[N+](=O)[O-]. The van der Waals surface area contributed by atoms with Crippen molar-refractivity contribution in [2.45, 2.75) is 27.4 Å². The van der Waals surface area contributed by atoms with Crippen molar-refractivity contribution in [1.29, 1.82) is 0 Å². The second kappa shape index (κ2) is 9.63. The minimum Gasteiger partial charge on any atom is -0.461 e. The first kappa shape index (κ1) is 21.8. The number of hydrogen-bond acceptors (Lipinski definition) is 5. The van der Waals surface area contributed by atoms with Crippen LogP contribution in [-0.4, -0.2) is 34.8 Å². The van der Waals surface area contributed by atoms with Gasteiger partial charge in [0.1, 0.15) is 6.61 Å². The summed E-state index contributed by atoms with van der Waals surface area (Å²) in [6.07, 6.45) is 0. The number of nitro benzene ring substituents is 1. The lowest BCUT2D eigenvalue weighted by Crippen LogP contribution is -2.30. The lowest BCUT2D eigenvalue weighted by Gasteiger charge is -2.20. The Hall–Kier alpha value is -2.49. The van der Waals surface area contributed by atoms with Gasteiger partial charge in [0.15, 0.2) is 0 Å². The van der Waals surface area contributed by atoms with E-state index in [0.29, 0.717) is 35.3 Å². The molecule has 28 heavy (non-hydrogen) atoms. The van der Waals surface area contributed by atoms with Crippen molar-refractivity contribution in [1.82, 2.24) is 4.90 Å². The summed E-state index contributed by atoms with van der Waals surface area (Å²) >= 11 is 2.11. The maximum Gasteiger partial charge on any atom is 0.302 e. The van der Waals surface area contributed by atoms with E-state index in [1.807, 2.05) is 19.9 Å². The fourth-order valence-electron chi connectivity index (χ4n) is 2.84. The normalized spacial score (nSPS) is 10.4. The smallest absolute Gasteiger partial charge is 0.302 e. The summed E-state index contributed by atoms with van der Waals surface area (Å²) in [5.74, 6) is -0.633. The molecule has 0 heterocycles. The lowest BCUT2D eigenvalue weighted by atomic mass is 9.96. The van der Waals surface area contributed by atoms with Crippen LogP contribution in [0.4, 0.5) is 5.69 Å². The Labute approximate surface area is 177 Å². The molecule has 0 N–H and O–H groups in total. The molecule has 0 unspecified atom stereocenters. The first-order valence-electron chi connectivity index (χ1n) is 8.78. The largest absolute Gasteiger partial charge is 0.461 e. The summed E-state index contributed by atoms with van der Waals surface area (Å²) in [5.41, 5.74) is 1.65. The molecule has 7 nitrogen and oxygen atoms in total. The van der Waals surface area contributed by atoms with E-state index < -0.39 is 10.9 Å². The Balaban J connectivity index is 2.60. The van der Waals surface area contributed by atoms with E-state index in [0.717, 1.165) is 3.57 Å². The number of nitro groups is 1. The van der Waals surface area contributed by atoms with Gasteiger partial charge in [-0.15, -0.1) is 0 Å². The van der Waals surface area contributed by atoms with Gasteiger partial charge in [-0.25, -0.2) is 0 Å². The summed E-state index contributed by atoms with van der Waals surface area (Å²) in [6, 6.07) is 9.92. The molecule has 0 saturated heterocycles. The molecule has 2 aromatic rings. The van der Waals surface area contributed by atoms with Crippen molar-refractivity contribution >= 4 is 40.2 Å². The van der Waals surface area contributed by atoms with Crippen molar-refractivity contribution in [2.75, 3.05) is 13.1 Å². The highest BCUT2D eigenvalue weighted by atomic mass is 127. The van der Waals surface area contributed by atoms with Gasteiger partial charge in [0.25, 0.3) is 11.6 Å². The van der Waals surface area contributed by atoms with E-state index >= 15 is 0 Å². The molecule has 0 spiro atoms. The van der Waals surface area contributed by atoms with Crippen molar-refractivity contribution in [3.05, 3.63) is 61.2 Å². The van der Waals surface area contributed by atoms with Crippen molar-refractivity contribution < 1.29 is 19.2 Å². The molecule has 1 amide bonds. The van der Waals surface area contributed by atoms with Crippen LogP contribution in [-0.2, 0) is 16.1 Å². The number of esters is 1. The second-order valence-electron chi connectivity index (χ2n) is 6.06. The van der Waals surface area contributed by atoms with E-state index in [1.165, 1.54) is 13.0 Å². The standard InChI is InChI=1S/C20H21IN2O5/c1-4-22(5-2)20(25)17-9-7-15(21)11-18(17)16-8-6-14(12-28-13(3)24)10-19(16)23(26)27/h6-11H,4-5,12H2,1-3H3. The summed E-state index contributed by atoms with van der Waals surface area (Å²) in [6.45, 7) is 6.10. The van der Waals surface area contributed by atoms with Gasteiger partial charge in [-0.1, -0.05) is 6.07 Å². The molecule has 0 radical (unpaired) electrons. The summed E-state index contributed by atoms with van der Waals surface area (Å²) in [4.78, 5) is 36.8. The quantitative estimate of drug-likeness (QED) is 0.245. The third-order valence-corrected chi connectivity index (χ3v) is 4.92. The zero-order valence-corrected chi connectivity index (χ0v) is 18.1. The third kappa shape index (κ3) is 5.06. The van der Waals surface area contributed by atoms with Gasteiger partial charge in [-0.3, -0.25) is 19.7 Å². The average Bonchev–Trinajstić information content (AvgIpc) is 2.66. The number of amides is 1. The number of halogens is 1. The first-order chi connectivity index (χ1) is 13.3. The van der Waals surface area contributed by atoms with Crippen LogP contribution in [0.5, 0.6) is 0 Å². The van der Waals surface area contributed by atoms with Crippen LogP contribution in [0.1, 0.15) is 36.7 Å². The number of carbonyl (C=O) groups excluding carboxylic acids is 2. The first-order valence-corrected chi connectivity index (χ1v) is 9.86. The van der Waals surface area contributed by atoms with Crippen molar-refractivity contribution in [3.8, 4) is 11.1 Å². The summed E-state index contributed by atoms with van der Waals surface area (Å²) in [5, 5.41) is 11.7. The molecule has 0 saturated carbocycles. The van der Waals surface area contributed by atoms with Crippen LogP contribution in [0.2, 0.25) is 0 Å². The van der Waals surface area contributed by atoms with Crippen LogP contribution >= 0.6 is 22.6 Å². The topological polar surface area (TPSA) is 89.8 Å². The molecule has 0 aliphatic heterocycles. The van der Waals surface area contributed by atoms with E-state index in [2.05, 4.69) is 22.6 Å². The minimum absolute atomic E-state index is 0.0476. The van der Waals surface area contributed by atoms with Crippen LogP contribution in [0, 0.1) is 13.7 Å². The summed E-state index contributed by atoms with van der Waals surface area (Å²) < 4.78 is 5.79. The zero-order valence-electron chi connectivity index (χ0n) is 15.9. The van der Waals surface area contributed by atoms with Crippen LogP contribution in [0.15, 0.2) is 36.4 Å². The second-order valence-corrected chi connectivity index (χ2v) is 7.30. The lowest BCUT2D eigenvalue weighted by molar-refractivity contribution is -0.384. The average molecular weight is 496 g/mol. The molecule has 8 heteroatoms. The molecular formula is C20H21IN2O5. The molecule has 0 aromatic heterocycles. The van der Waals surface area contributed by atoms with E-state index in [4.69, 9.17) is 4.74 Å². The molecule has 148 valence electrons. The fourth-order valence-corrected chi connectivity index (χ4v) is 3.33. The van der Waals surface area contributed by atoms with Crippen molar-refractivity contribution in [3.63, 3.8) is 0 Å². The van der Waals surface area contributed by atoms with Gasteiger partial charge in [0.05, 0.1) is 10.5 Å². The Morgan fingerprint density at radius 1 is 1.11 bits per heavy atom. The zero-order chi connectivity index (χ0) is 20.8. The van der Waals surface area contributed by atoms with Gasteiger partial charge in [-0.05, 0) is 66.3 Å². The van der Waals surface area contributed by atoms with Crippen LogP contribution < -0.4 is 0 Å². The molecule has 0 aliphatic carbocycles. The van der Waals surface area contributed by atoms with E-state index in [9.17, 15) is 19.7 Å². The molecule has 0 bridgehead atoms. The van der Waals surface area contributed by atoms with Crippen molar-refractivity contribution in [2.24, 2.45) is 0 Å². The van der Waals surface area contributed by atoms with E-state index in [-0.39, 0.29) is 18.2 Å². The van der Waals surface area contributed by atoms with Crippen LogP contribution in [0.3, 0.4) is 0 Å². The Kier molecular flexibility index (Phi) is 7.50. The van der Waals surface area contributed by atoms with Gasteiger partial charge < -0.3 is 9.64 Å². The number of rotatable bonds is 7. The maximum atomic E-state index is 12.9. The number of carbonyl (C=O) groups is 2. The molecule has 2 rings (SSSR count). The highest BCUT2D eigenvalue weighted by molar-refractivity contribution is 14.1. The fraction of sp³-hybridized carbons (Fsp3) is 0.300. The number of benzene rings is 2. The molecular weight excluding hydrogens is 475 g/mol. The van der Waals surface area contributed by atoms with Gasteiger partial charge >= 0.3 is 5.97 Å². The predicted octanol–water partition coefficient (Wildman–Crippen LogP) is 4.41. The number of hydrogen-bond donors (Lipinski definition) is 0. The Morgan fingerprint density at radius 2 is 1.79 bits per heavy atom. The highest BCUT2D eigenvalue weighted by Gasteiger charge is 2.23. The predicted molar refractivity (Wildman–Crippen MR) is 114 cm³/mol. The Morgan fingerprint density at radius 3 is 2.36 bits per heavy atom.